The molecule has 0 aliphatic rings. The minimum Gasteiger partial charge on any atom is -0.396 e. The molecule has 1 aromatic heterocycles. The number of benzene rings is 2. The summed E-state index contributed by atoms with van der Waals surface area (Å²) in [6, 6.07) is 12.3. The van der Waals surface area contributed by atoms with Crippen LogP contribution in [0.25, 0.3) is 10.9 Å². The van der Waals surface area contributed by atoms with Crippen LogP contribution in [0.5, 0.6) is 0 Å². The van der Waals surface area contributed by atoms with Gasteiger partial charge in [0.05, 0.1) is 10.4 Å². The number of aryl methyl sites for hydroxylation is 3. The van der Waals surface area contributed by atoms with Crippen LogP contribution in [0.4, 0.5) is 0 Å². The number of nitrogens with one attached hydrogen (secondary N) is 1. The first-order valence-electron chi connectivity index (χ1n) is 9.53. The van der Waals surface area contributed by atoms with Gasteiger partial charge in [0.15, 0.2) is 0 Å². The maximum atomic E-state index is 13.2. The topological polar surface area (TPSA) is 90.5 Å². The highest BCUT2D eigenvalue weighted by atomic mass is 32.2. The van der Waals surface area contributed by atoms with E-state index in [0.29, 0.717) is 5.56 Å². The summed E-state index contributed by atoms with van der Waals surface area (Å²) in [6.07, 6.45) is 0.287. The lowest BCUT2D eigenvalue weighted by molar-refractivity contribution is 0.267. The monoisotopic (exact) mass is 414 g/mol. The number of aliphatic hydroxyl groups is 1. The maximum absolute atomic E-state index is 13.2. The standard InChI is InChI=1S/C22H26N2O4S/c1-15-5-7-20(8-6-15)29(27,28)24(9-4-10-25)14-19-13-18-12-16(2)11-17(3)21(18)23-22(19)26/h5-8,11-13,25H,4,9-10,14H2,1-3H3,(H,23,26). The molecule has 29 heavy (non-hydrogen) atoms. The quantitative estimate of drug-likeness (QED) is 0.622. The largest absolute Gasteiger partial charge is 0.396 e. The van der Waals surface area contributed by atoms with Gasteiger partial charge in [-0.25, -0.2) is 8.42 Å². The molecule has 3 aromatic rings. The molecule has 0 bridgehead atoms. The van der Waals surface area contributed by atoms with Crippen molar-refractivity contribution < 1.29 is 13.5 Å². The van der Waals surface area contributed by atoms with E-state index in [2.05, 4.69) is 4.98 Å². The predicted octanol–water partition coefficient (Wildman–Crippen LogP) is 3.03. The molecule has 3 rings (SSSR count). The van der Waals surface area contributed by atoms with Gasteiger partial charge in [-0.05, 0) is 62.4 Å². The molecular weight excluding hydrogens is 388 g/mol. The highest BCUT2D eigenvalue weighted by Gasteiger charge is 2.25. The van der Waals surface area contributed by atoms with Crippen LogP contribution in [0.2, 0.25) is 0 Å². The Bertz CT molecular complexity index is 1180. The van der Waals surface area contributed by atoms with Gasteiger partial charge in [-0.3, -0.25) is 4.79 Å². The van der Waals surface area contributed by atoms with E-state index < -0.39 is 10.0 Å². The lowest BCUT2D eigenvalue weighted by Gasteiger charge is -2.22. The third-order valence-electron chi connectivity index (χ3n) is 4.94. The summed E-state index contributed by atoms with van der Waals surface area (Å²) < 4.78 is 27.6. The van der Waals surface area contributed by atoms with Crippen LogP contribution in [0.3, 0.4) is 0 Å². The Balaban J connectivity index is 2.03. The molecule has 0 saturated heterocycles. The highest BCUT2D eigenvalue weighted by molar-refractivity contribution is 7.89. The molecule has 0 fully saturated rings. The molecule has 0 atom stereocenters. The van der Waals surface area contributed by atoms with Crippen LogP contribution in [-0.4, -0.2) is 36.0 Å². The molecule has 0 aliphatic carbocycles. The number of aromatic nitrogens is 1. The average Bonchev–Trinajstić information content (AvgIpc) is 2.66. The molecule has 2 aromatic carbocycles. The second-order valence-corrected chi connectivity index (χ2v) is 9.34. The molecule has 0 saturated carbocycles. The van der Waals surface area contributed by atoms with E-state index in [1.165, 1.54) is 4.31 Å². The van der Waals surface area contributed by atoms with Crippen molar-refractivity contribution in [3.05, 3.63) is 75.1 Å². The lowest BCUT2D eigenvalue weighted by atomic mass is 10.1. The minimum atomic E-state index is -3.81. The summed E-state index contributed by atoms with van der Waals surface area (Å²) in [5, 5.41) is 10.1. The molecule has 0 unspecified atom stereocenters. The zero-order chi connectivity index (χ0) is 21.2. The summed E-state index contributed by atoms with van der Waals surface area (Å²) in [4.78, 5) is 15.7. The number of nitrogens with zero attached hydrogens (tertiary/aromatic N) is 1. The number of rotatable bonds is 7. The molecule has 154 valence electrons. The summed E-state index contributed by atoms with van der Waals surface area (Å²) in [5.41, 5.74) is 3.81. The van der Waals surface area contributed by atoms with Gasteiger partial charge in [-0.2, -0.15) is 4.31 Å². The van der Waals surface area contributed by atoms with Crippen LogP contribution < -0.4 is 5.56 Å². The van der Waals surface area contributed by atoms with Crippen molar-refractivity contribution in [2.75, 3.05) is 13.2 Å². The summed E-state index contributed by atoms with van der Waals surface area (Å²) in [7, 11) is -3.81. The molecule has 0 spiro atoms. The smallest absolute Gasteiger partial charge is 0.252 e. The van der Waals surface area contributed by atoms with Crippen molar-refractivity contribution in [2.45, 2.75) is 38.6 Å². The third-order valence-corrected chi connectivity index (χ3v) is 6.80. The maximum Gasteiger partial charge on any atom is 0.252 e. The van der Waals surface area contributed by atoms with Crippen molar-refractivity contribution in [2.24, 2.45) is 0 Å². The van der Waals surface area contributed by atoms with E-state index in [-0.39, 0.29) is 36.6 Å². The van der Waals surface area contributed by atoms with Gasteiger partial charge in [-0.1, -0.05) is 29.3 Å². The molecule has 0 aliphatic heterocycles. The number of H-pyrrole nitrogens is 1. The number of aromatic amines is 1. The second-order valence-electron chi connectivity index (χ2n) is 7.40. The number of fused-ring (bicyclic) bond motifs is 1. The zero-order valence-electron chi connectivity index (χ0n) is 16.9. The number of aliphatic hydroxyl groups excluding tert-OH is 1. The van der Waals surface area contributed by atoms with E-state index in [0.717, 1.165) is 27.6 Å². The fourth-order valence-corrected chi connectivity index (χ4v) is 4.89. The van der Waals surface area contributed by atoms with E-state index in [1.54, 1.807) is 30.3 Å². The van der Waals surface area contributed by atoms with Crippen molar-refractivity contribution in [3.8, 4) is 0 Å². The van der Waals surface area contributed by atoms with E-state index >= 15 is 0 Å². The third kappa shape index (κ3) is 4.58. The Hall–Kier alpha value is -2.48. The van der Waals surface area contributed by atoms with Crippen LogP contribution >= 0.6 is 0 Å². The molecule has 0 amide bonds. The summed E-state index contributed by atoms with van der Waals surface area (Å²) in [6.45, 7) is 5.73. The molecule has 6 nitrogen and oxygen atoms in total. The summed E-state index contributed by atoms with van der Waals surface area (Å²) >= 11 is 0. The van der Waals surface area contributed by atoms with Crippen LogP contribution in [0.15, 0.2) is 52.2 Å². The fourth-order valence-electron chi connectivity index (χ4n) is 3.43. The van der Waals surface area contributed by atoms with Crippen LogP contribution in [-0.2, 0) is 16.6 Å². The Morgan fingerprint density at radius 1 is 1.00 bits per heavy atom. The molecular formula is C22H26N2O4S. The van der Waals surface area contributed by atoms with Gasteiger partial charge in [0, 0.05) is 25.3 Å². The van der Waals surface area contributed by atoms with E-state index in [4.69, 9.17) is 0 Å². The second kappa shape index (κ2) is 8.49. The Morgan fingerprint density at radius 3 is 2.34 bits per heavy atom. The Kier molecular flexibility index (Phi) is 6.21. The van der Waals surface area contributed by atoms with E-state index in [9.17, 15) is 18.3 Å². The van der Waals surface area contributed by atoms with Crippen molar-refractivity contribution in [3.63, 3.8) is 0 Å². The van der Waals surface area contributed by atoms with Crippen LogP contribution in [0.1, 0.15) is 28.7 Å². The van der Waals surface area contributed by atoms with Gasteiger partial charge in [0.1, 0.15) is 0 Å². The average molecular weight is 415 g/mol. The number of sulfonamides is 1. The Morgan fingerprint density at radius 2 is 1.69 bits per heavy atom. The van der Waals surface area contributed by atoms with Crippen molar-refractivity contribution >= 4 is 20.9 Å². The van der Waals surface area contributed by atoms with E-state index in [1.807, 2.05) is 32.9 Å². The lowest BCUT2D eigenvalue weighted by Crippen LogP contribution is -2.34. The number of pyridine rings is 1. The first-order chi connectivity index (χ1) is 13.7. The van der Waals surface area contributed by atoms with Gasteiger partial charge >= 0.3 is 0 Å². The van der Waals surface area contributed by atoms with Gasteiger partial charge in [0.25, 0.3) is 5.56 Å². The normalized spacial score (nSPS) is 12.0. The highest BCUT2D eigenvalue weighted by Crippen LogP contribution is 2.21. The molecule has 7 heteroatoms. The molecule has 1 heterocycles. The first-order valence-corrected chi connectivity index (χ1v) is 11.0. The fraction of sp³-hybridized carbons (Fsp3) is 0.318. The Labute approximate surface area is 170 Å². The molecule has 0 radical (unpaired) electrons. The minimum absolute atomic E-state index is 0.0610. The van der Waals surface area contributed by atoms with Crippen LogP contribution in [0, 0.1) is 20.8 Å². The molecule has 2 N–H and O–H groups in total. The van der Waals surface area contributed by atoms with Crippen molar-refractivity contribution in [1.29, 1.82) is 0 Å². The van der Waals surface area contributed by atoms with Crippen molar-refractivity contribution in [1.82, 2.24) is 9.29 Å². The van der Waals surface area contributed by atoms with Gasteiger partial charge in [-0.15, -0.1) is 0 Å². The zero-order valence-corrected chi connectivity index (χ0v) is 17.7. The predicted molar refractivity (Wildman–Crippen MR) is 115 cm³/mol. The van der Waals surface area contributed by atoms with Gasteiger partial charge in [0.2, 0.25) is 10.0 Å². The summed E-state index contributed by atoms with van der Waals surface area (Å²) in [5.74, 6) is 0. The number of hydrogen-bond donors (Lipinski definition) is 2. The first kappa shape index (κ1) is 21.2. The SMILES string of the molecule is Cc1ccc(S(=O)(=O)N(CCCO)Cc2cc3cc(C)cc(C)c3[nH]c2=O)cc1. The number of hydrogen-bond acceptors (Lipinski definition) is 4. The van der Waals surface area contributed by atoms with Gasteiger partial charge < -0.3 is 10.1 Å².